The van der Waals surface area contributed by atoms with E-state index >= 15 is 0 Å². The normalized spacial score (nSPS) is 32.6. The van der Waals surface area contributed by atoms with Gasteiger partial charge in [-0.25, -0.2) is 5.43 Å². The number of halogens is 2. The molecule has 4 saturated carbocycles. The fraction of sp³-hybridized carbons (Fsp3) is 0.600. The summed E-state index contributed by atoms with van der Waals surface area (Å²) in [5, 5.41) is 5.36. The third-order valence-electron chi connectivity index (χ3n) is 6.41. The van der Waals surface area contributed by atoms with Crippen LogP contribution < -0.4 is 10.2 Å². The van der Waals surface area contributed by atoms with Crippen molar-refractivity contribution in [3.05, 3.63) is 28.2 Å². The molecule has 6 heteroatoms. The van der Waals surface area contributed by atoms with Gasteiger partial charge in [0.15, 0.2) is 6.61 Å². The first-order valence-electron chi connectivity index (χ1n) is 9.35. The Morgan fingerprint density at radius 3 is 2.38 bits per heavy atom. The van der Waals surface area contributed by atoms with E-state index in [0.717, 1.165) is 23.5 Å². The Bertz CT molecular complexity index is 712. The second kappa shape index (κ2) is 7.05. The summed E-state index contributed by atoms with van der Waals surface area (Å²) in [7, 11) is 0. The number of nitrogens with zero attached hydrogens (tertiary/aromatic N) is 1. The molecule has 26 heavy (non-hydrogen) atoms. The maximum atomic E-state index is 12.1. The molecule has 0 aromatic heterocycles. The second-order valence-corrected chi connectivity index (χ2v) is 9.14. The molecule has 4 fully saturated rings. The zero-order valence-corrected chi connectivity index (χ0v) is 16.4. The molecule has 0 saturated heterocycles. The van der Waals surface area contributed by atoms with Crippen LogP contribution in [0.4, 0.5) is 0 Å². The minimum atomic E-state index is -0.278. The number of amides is 1. The van der Waals surface area contributed by atoms with Crippen molar-refractivity contribution in [2.24, 2.45) is 28.3 Å². The third kappa shape index (κ3) is 3.59. The summed E-state index contributed by atoms with van der Waals surface area (Å²) < 4.78 is 5.46. The van der Waals surface area contributed by atoms with Crippen molar-refractivity contribution >= 4 is 34.8 Å². The highest BCUT2D eigenvalue weighted by Gasteiger charge is 2.52. The van der Waals surface area contributed by atoms with Gasteiger partial charge in [0.1, 0.15) is 5.75 Å². The highest BCUT2D eigenvalue weighted by Crippen LogP contribution is 2.60. The summed E-state index contributed by atoms with van der Waals surface area (Å²) in [6.07, 6.45) is 7.90. The SMILES string of the molecule is C/C(=N/NC(=O)COc1ccc(Cl)cc1Cl)C12CC3CC(CC(C3)C1)C2. The third-order valence-corrected chi connectivity index (χ3v) is 6.94. The van der Waals surface area contributed by atoms with Gasteiger partial charge in [-0.1, -0.05) is 23.2 Å². The van der Waals surface area contributed by atoms with Crippen LogP contribution in [-0.4, -0.2) is 18.2 Å². The van der Waals surface area contributed by atoms with Crippen LogP contribution in [0, 0.1) is 23.2 Å². The van der Waals surface area contributed by atoms with Crippen molar-refractivity contribution in [3.63, 3.8) is 0 Å². The number of hydrazone groups is 1. The number of hydrogen-bond acceptors (Lipinski definition) is 3. The summed E-state index contributed by atoms with van der Waals surface area (Å²) in [5.74, 6) is 2.74. The largest absolute Gasteiger partial charge is 0.482 e. The molecule has 1 aromatic carbocycles. The lowest BCUT2D eigenvalue weighted by molar-refractivity contribution is -0.123. The van der Waals surface area contributed by atoms with Gasteiger partial charge < -0.3 is 4.74 Å². The number of ether oxygens (including phenoxy) is 1. The van der Waals surface area contributed by atoms with E-state index in [1.165, 1.54) is 38.5 Å². The molecule has 0 unspecified atom stereocenters. The zero-order valence-electron chi connectivity index (χ0n) is 14.9. The quantitative estimate of drug-likeness (QED) is 0.558. The molecule has 0 spiro atoms. The van der Waals surface area contributed by atoms with E-state index in [1.54, 1.807) is 18.2 Å². The highest BCUT2D eigenvalue weighted by molar-refractivity contribution is 6.35. The molecule has 4 aliphatic rings. The van der Waals surface area contributed by atoms with Crippen LogP contribution in [0.3, 0.4) is 0 Å². The van der Waals surface area contributed by atoms with Crippen molar-refractivity contribution in [2.45, 2.75) is 45.4 Å². The Hall–Kier alpha value is -1.26. The molecule has 1 aromatic rings. The molecular formula is C20H24Cl2N2O2. The molecule has 0 heterocycles. The fourth-order valence-electron chi connectivity index (χ4n) is 5.59. The van der Waals surface area contributed by atoms with Gasteiger partial charge in [0, 0.05) is 16.1 Å². The molecule has 4 nitrogen and oxygen atoms in total. The molecule has 140 valence electrons. The second-order valence-electron chi connectivity index (χ2n) is 8.29. The van der Waals surface area contributed by atoms with Crippen molar-refractivity contribution in [3.8, 4) is 5.75 Å². The molecule has 0 aliphatic heterocycles. The van der Waals surface area contributed by atoms with Crippen LogP contribution >= 0.6 is 23.2 Å². The number of benzene rings is 1. The number of rotatable bonds is 5. The van der Waals surface area contributed by atoms with Crippen LogP contribution in [0.1, 0.15) is 45.4 Å². The molecule has 4 aliphatic carbocycles. The van der Waals surface area contributed by atoms with Gasteiger partial charge in [0.05, 0.1) is 5.02 Å². The molecule has 0 atom stereocenters. The van der Waals surface area contributed by atoms with Gasteiger partial charge in [-0.2, -0.15) is 5.10 Å². The molecular weight excluding hydrogens is 371 g/mol. The minimum Gasteiger partial charge on any atom is -0.482 e. The Morgan fingerprint density at radius 2 is 1.81 bits per heavy atom. The Balaban J connectivity index is 1.34. The number of carbonyl (C=O) groups excluding carboxylic acids is 1. The van der Waals surface area contributed by atoms with Crippen LogP contribution in [0.2, 0.25) is 10.0 Å². The average molecular weight is 395 g/mol. The van der Waals surface area contributed by atoms with Gasteiger partial charge >= 0.3 is 0 Å². The van der Waals surface area contributed by atoms with Crippen molar-refractivity contribution in [2.75, 3.05) is 6.61 Å². The highest BCUT2D eigenvalue weighted by atomic mass is 35.5. The Morgan fingerprint density at radius 1 is 1.19 bits per heavy atom. The topological polar surface area (TPSA) is 50.7 Å². The van der Waals surface area contributed by atoms with E-state index in [1.807, 2.05) is 0 Å². The maximum absolute atomic E-state index is 12.1. The summed E-state index contributed by atoms with van der Waals surface area (Å²) >= 11 is 11.9. The van der Waals surface area contributed by atoms with Crippen LogP contribution in [0.15, 0.2) is 23.3 Å². The number of nitrogens with one attached hydrogen (secondary N) is 1. The van der Waals surface area contributed by atoms with Crippen LogP contribution in [0.25, 0.3) is 0 Å². The van der Waals surface area contributed by atoms with Crippen LogP contribution in [-0.2, 0) is 4.79 Å². The average Bonchev–Trinajstić information content (AvgIpc) is 2.57. The van der Waals surface area contributed by atoms with Gasteiger partial charge in [-0.3, -0.25) is 4.79 Å². The van der Waals surface area contributed by atoms with Gasteiger partial charge in [0.2, 0.25) is 0 Å². The predicted molar refractivity (Wildman–Crippen MR) is 104 cm³/mol. The monoisotopic (exact) mass is 394 g/mol. The van der Waals surface area contributed by atoms with Crippen molar-refractivity contribution in [1.29, 1.82) is 0 Å². The van der Waals surface area contributed by atoms with Gasteiger partial charge in [-0.05, 0) is 81.4 Å². The maximum Gasteiger partial charge on any atom is 0.277 e. The minimum absolute atomic E-state index is 0.126. The van der Waals surface area contributed by atoms with E-state index in [0.29, 0.717) is 15.8 Å². The van der Waals surface area contributed by atoms with E-state index < -0.39 is 0 Å². The first-order chi connectivity index (χ1) is 12.4. The number of carbonyl (C=O) groups is 1. The molecule has 4 bridgehead atoms. The molecule has 5 rings (SSSR count). The Labute approximate surface area is 164 Å². The van der Waals surface area contributed by atoms with Crippen LogP contribution in [0.5, 0.6) is 5.75 Å². The first-order valence-corrected chi connectivity index (χ1v) is 10.1. The first kappa shape index (κ1) is 18.1. The van der Waals surface area contributed by atoms with E-state index in [-0.39, 0.29) is 17.9 Å². The summed E-state index contributed by atoms with van der Waals surface area (Å²) in [6.45, 7) is 1.95. The smallest absolute Gasteiger partial charge is 0.277 e. The molecule has 0 radical (unpaired) electrons. The van der Waals surface area contributed by atoms with Crippen molar-refractivity contribution in [1.82, 2.24) is 5.43 Å². The zero-order chi connectivity index (χ0) is 18.3. The Kier molecular flexibility index (Phi) is 4.91. The summed E-state index contributed by atoms with van der Waals surface area (Å²) in [6, 6.07) is 4.92. The van der Waals surface area contributed by atoms with Gasteiger partial charge in [-0.15, -0.1) is 0 Å². The summed E-state index contributed by atoms with van der Waals surface area (Å²) in [4.78, 5) is 12.1. The lowest BCUT2D eigenvalue weighted by atomic mass is 9.48. The van der Waals surface area contributed by atoms with E-state index in [2.05, 4.69) is 17.5 Å². The lowest BCUT2D eigenvalue weighted by Gasteiger charge is -2.56. The predicted octanol–water partition coefficient (Wildman–Crippen LogP) is 5.08. The summed E-state index contributed by atoms with van der Waals surface area (Å²) in [5.41, 5.74) is 3.95. The lowest BCUT2D eigenvalue weighted by Crippen LogP contribution is -2.49. The standard InChI is InChI=1S/C20H24Cl2N2O2/c1-12(20-8-13-4-14(9-20)6-15(5-13)10-20)23-24-19(25)11-26-18-3-2-16(21)7-17(18)22/h2-3,7,13-15H,4-6,8-11H2,1H3,(H,24,25)/b23-12-. The number of hydrogen-bond donors (Lipinski definition) is 1. The molecule has 1 amide bonds. The van der Waals surface area contributed by atoms with Gasteiger partial charge in [0.25, 0.3) is 5.91 Å². The fourth-order valence-corrected chi connectivity index (χ4v) is 6.05. The van der Waals surface area contributed by atoms with E-state index in [4.69, 9.17) is 27.9 Å². The molecule has 1 N–H and O–H groups in total. The van der Waals surface area contributed by atoms with Crippen molar-refractivity contribution < 1.29 is 9.53 Å². The van der Waals surface area contributed by atoms with E-state index in [9.17, 15) is 4.79 Å².